The lowest BCUT2D eigenvalue weighted by Gasteiger charge is -2.16. The van der Waals surface area contributed by atoms with Crippen molar-refractivity contribution in [1.82, 2.24) is 0 Å². The molecule has 1 aliphatic rings. The van der Waals surface area contributed by atoms with Gasteiger partial charge in [-0.25, -0.2) is 5.01 Å². The van der Waals surface area contributed by atoms with Gasteiger partial charge in [0, 0.05) is 10.4 Å². The maximum atomic E-state index is 11.9. The third-order valence-electron chi connectivity index (χ3n) is 2.71. The molecular formula is C13H15ClN2O. The first kappa shape index (κ1) is 12.1. The van der Waals surface area contributed by atoms with Gasteiger partial charge in [-0.05, 0) is 24.3 Å². The number of halogens is 1. The standard InChI is InChI=1S/C13H15ClN2O/c1-13(2,3)11-8-12(17)16(15-11)10-6-4-9(14)5-7-10/h4-7H,8H2,1-3H3. The van der Waals surface area contributed by atoms with Crippen molar-refractivity contribution in [2.75, 3.05) is 5.01 Å². The number of hydrazone groups is 1. The molecule has 0 fully saturated rings. The Morgan fingerprint density at radius 3 is 2.29 bits per heavy atom. The summed E-state index contributed by atoms with van der Waals surface area (Å²) >= 11 is 5.82. The molecule has 4 heteroatoms. The fourth-order valence-electron chi connectivity index (χ4n) is 1.63. The van der Waals surface area contributed by atoms with Crippen molar-refractivity contribution >= 4 is 28.9 Å². The van der Waals surface area contributed by atoms with Crippen LogP contribution in [0.1, 0.15) is 27.2 Å². The number of amides is 1. The lowest BCUT2D eigenvalue weighted by Crippen LogP contribution is -2.20. The molecule has 0 saturated carbocycles. The Labute approximate surface area is 106 Å². The second kappa shape index (κ2) is 4.15. The van der Waals surface area contributed by atoms with Crippen LogP contribution in [0.25, 0.3) is 0 Å². The summed E-state index contributed by atoms with van der Waals surface area (Å²) in [4.78, 5) is 11.9. The molecule has 17 heavy (non-hydrogen) atoms. The Morgan fingerprint density at radius 2 is 1.82 bits per heavy atom. The maximum absolute atomic E-state index is 11.9. The summed E-state index contributed by atoms with van der Waals surface area (Å²) in [6.07, 6.45) is 0.395. The second-order valence-electron chi connectivity index (χ2n) is 5.16. The van der Waals surface area contributed by atoms with Crippen LogP contribution in [0.2, 0.25) is 5.02 Å². The van der Waals surface area contributed by atoms with Crippen molar-refractivity contribution in [2.45, 2.75) is 27.2 Å². The summed E-state index contributed by atoms with van der Waals surface area (Å²) in [5, 5.41) is 6.51. The molecule has 2 rings (SSSR count). The minimum atomic E-state index is -0.0726. The van der Waals surface area contributed by atoms with E-state index in [2.05, 4.69) is 25.9 Å². The van der Waals surface area contributed by atoms with Crippen LogP contribution in [0.4, 0.5) is 5.69 Å². The van der Waals surface area contributed by atoms with E-state index in [0.29, 0.717) is 11.4 Å². The summed E-state index contributed by atoms with van der Waals surface area (Å²) < 4.78 is 0. The lowest BCUT2D eigenvalue weighted by atomic mass is 9.88. The van der Waals surface area contributed by atoms with E-state index in [9.17, 15) is 4.79 Å². The van der Waals surface area contributed by atoms with Crippen LogP contribution < -0.4 is 5.01 Å². The van der Waals surface area contributed by atoms with Crippen molar-refractivity contribution in [2.24, 2.45) is 10.5 Å². The first-order valence-electron chi connectivity index (χ1n) is 5.54. The van der Waals surface area contributed by atoms with E-state index in [1.54, 1.807) is 24.3 Å². The first-order chi connectivity index (χ1) is 7.88. The third-order valence-corrected chi connectivity index (χ3v) is 2.96. The summed E-state index contributed by atoms with van der Waals surface area (Å²) in [5.41, 5.74) is 1.60. The molecule has 0 unspecified atom stereocenters. The number of nitrogens with zero attached hydrogens (tertiary/aromatic N) is 2. The molecule has 0 spiro atoms. The number of carbonyl (C=O) groups excluding carboxylic acids is 1. The maximum Gasteiger partial charge on any atom is 0.253 e. The van der Waals surface area contributed by atoms with Crippen molar-refractivity contribution in [1.29, 1.82) is 0 Å². The van der Waals surface area contributed by atoms with Crippen molar-refractivity contribution in [3.8, 4) is 0 Å². The quantitative estimate of drug-likeness (QED) is 0.751. The minimum Gasteiger partial charge on any atom is -0.272 e. The fraction of sp³-hybridized carbons (Fsp3) is 0.385. The Hall–Kier alpha value is -1.35. The number of hydrogen-bond donors (Lipinski definition) is 0. The molecule has 1 aliphatic heterocycles. The normalized spacial score (nSPS) is 16.4. The Balaban J connectivity index is 2.31. The predicted octanol–water partition coefficient (Wildman–Crippen LogP) is 3.48. The monoisotopic (exact) mass is 250 g/mol. The van der Waals surface area contributed by atoms with E-state index in [4.69, 9.17) is 11.6 Å². The van der Waals surface area contributed by atoms with Crippen molar-refractivity contribution in [3.63, 3.8) is 0 Å². The molecule has 3 nitrogen and oxygen atoms in total. The molecule has 0 N–H and O–H groups in total. The van der Waals surface area contributed by atoms with Gasteiger partial charge in [-0.1, -0.05) is 32.4 Å². The Morgan fingerprint density at radius 1 is 1.24 bits per heavy atom. The topological polar surface area (TPSA) is 32.7 Å². The van der Waals surface area contributed by atoms with Crippen molar-refractivity contribution < 1.29 is 4.79 Å². The zero-order valence-electron chi connectivity index (χ0n) is 10.2. The zero-order valence-corrected chi connectivity index (χ0v) is 11.0. The fourth-order valence-corrected chi connectivity index (χ4v) is 1.76. The molecule has 90 valence electrons. The van der Waals surface area contributed by atoms with Crippen LogP contribution in [0, 0.1) is 5.41 Å². The third kappa shape index (κ3) is 2.50. The highest BCUT2D eigenvalue weighted by Gasteiger charge is 2.31. The second-order valence-corrected chi connectivity index (χ2v) is 5.59. The molecule has 1 heterocycles. The van der Waals surface area contributed by atoms with E-state index < -0.39 is 0 Å². The molecule has 1 amide bonds. The molecule has 0 bridgehead atoms. The molecule has 0 aromatic heterocycles. The smallest absolute Gasteiger partial charge is 0.253 e. The number of rotatable bonds is 1. The lowest BCUT2D eigenvalue weighted by molar-refractivity contribution is -0.116. The number of carbonyl (C=O) groups is 1. The number of anilines is 1. The Bertz CT molecular complexity index is 471. The summed E-state index contributed by atoms with van der Waals surface area (Å²) in [7, 11) is 0. The summed E-state index contributed by atoms with van der Waals surface area (Å²) in [6.45, 7) is 6.18. The van der Waals surface area contributed by atoms with Crippen LogP contribution in [0.15, 0.2) is 29.4 Å². The molecule has 1 aromatic rings. The SMILES string of the molecule is CC(C)(C)C1=NN(c2ccc(Cl)cc2)C(=O)C1. The highest BCUT2D eigenvalue weighted by molar-refractivity contribution is 6.30. The predicted molar refractivity (Wildman–Crippen MR) is 70.4 cm³/mol. The van der Waals surface area contributed by atoms with E-state index >= 15 is 0 Å². The van der Waals surface area contributed by atoms with Gasteiger partial charge in [0.1, 0.15) is 0 Å². The van der Waals surface area contributed by atoms with Crippen molar-refractivity contribution in [3.05, 3.63) is 29.3 Å². The van der Waals surface area contributed by atoms with Gasteiger partial charge >= 0.3 is 0 Å². The van der Waals surface area contributed by atoms with E-state index in [1.165, 1.54) is 5.01 Å². The average molecular weight is 251 g/mol. The van der Waals surface area contributed by atoms with Gasteiger partial charge in [0.25, 0.3) is 5.91 Å². The summed E-state index contributed by atoms with van der Waals surface area (Å²) in [5.74, 6) is 0.0113. The van der Waals surface area contributed by atoms with Crippen LogP contribution in [0.3, 0.4) is 0 Å². The highest BCUT2D eigenvalue weighted by Crippen LogP contribution is 2.28. The van der Waals surface area contributed by atoms with E-state index in [1.807, 2.05) is 0 Å². The van der Waals surface area contributed by atoms with Crippen LogP contribution >= 0.6 is 11.6 Å². The Kier molecular flexibility index (Phi) is 2.96. The molecule has 1 aromatic carbocycles. The number of benzene rings is 1. The number of hydrogen-bond acceptors (Lipinski definition) is 2. The van der Waals surface area contributed by atoms with Crippen LogP contribution in [0.5, 0.6) is 0 Å². The van der Waals surface area contributed by atoms with E-state index in [-0.39, 0.29) is 11.3 Å². The molecule has 0 aliphatic carbocycles. The molecule has 0 radical (unpaired) electrons. The molecular weight excluding hydrogens is 236 g/mol. The average Bonchev–Trinajstić information content (AvgIpc) is 2.61. The van der Waals surface area contributed by atoms with Gasteiger partial charge in [-0.2, -0.15) is 5.10 Å². The van der Waals surface area contributed by atoms with Crippen LogP contribution in [-0.4, -0.2) is 11.6 Å². The van der Waals surface area contributed by atoms with Gasteiger partial charge in [0.2, 0.25) is 0 Å². The summed E-state index contributed by atoms with van der Waals surface area (Å²) in [6, 6.07) is 7.12. The highest BCUT2D eigenvalue weighted by atomic mass is 35.5. The molecule has 0 saturated heterocycles. The van der Waals surface area contributed by atoms with Gasteiger partial charge in [-0.15, -0.1) is 0 Å². The van der Waals surface area contributed by atoms with Gasteiger partial charge in [0.15, 0.2) is 0 Å². The van der Waals surface area contributed by atoms with Gasteiger partial charge in [0.05, 0.1) is 17.8 Å². The van der Waals surface area contributed by atoms with Gasteiger partial charge < -0.3 is 0 Å². The minimum absolute atomic E-state index is 0.0113. The van der Waals surface area contributed by atoms with Crippen LogP contribution in [-0.2, 0) is 4.79 Å². The molecule has 0 atom stereocenters. The van der Waals surface area contributed by atoms with E-state index in [0.717, 1.165) is 11.4 Å². The van der Waals surface area contributed by atoms with Gasteiger partial charge in [-0.3, -0.25) is 4.79 Å². The first-order valence-corrected chi connectivity index (χ1v) is 5.92. The largest absolute Gasteiger partial charge is 0.272 e. The zero-order chi connectivity index (χ0) is 12.6.